The smallest absolute Gasteiger partial charge is 0.404 e. The van der Waals surface area contributed by atoms with E-state index in [0.717, 1.165) is 5.56 Å². The number of hydrogen-bond acceptors (Lipinski definition) is 7. The molecule has 1 heterocycles. The van der Waals surface area contributed by atoms with Crippen LogP contribution in [0.1, 0.15) is 36.5 Å². The Morgan fingerprint density at radius 2 is 1.89 bits per heavy atom. The van der Waals surface area contributed by atoms with Gasteiger partial charge in [0.05, 0.1) is 4.90 Å². The second-order valence-corrected chi connectivity index (χ2v) is 10.7. The minimum Gasteiger partial charge on any atom is -0.465 e. The Kier molecular flexibility index (Phi) is 9.42. The number of amidine groups is 1. The molecule has 2 aromatic carbocycles. The third kappa shape index (κ3) is 8.02. The van der Waals surface area contributed by atoms with Gasteiger partial charge in [-0.05, 0) is 49.9 Å². The average molecular weight is 546 g/mol. The molecule has 1 saturated heterocycles. The topological polar surface area (TPSA) is 178 Å². The summed E-state index contributed by atoms with van der Waals surface area (Å²) in [6.07, 6.45) is -0.105. The van der Waals surface area contributed by atoms with Gasteiger partial charge >= 0.3 is 12.1 Å². The molecule has 0 aromatic heterocycles. The normalized spacial score (nSPS) is 16.3. The van der Waals surface area contributed by atoms with Crippen molar-refractivity contribution >= 4 is 33.8 Å². The molecule has 2 amide bonds. The Balaban J connectivity index is 1.87. The van der Waals surface area contributed by atoms with Crippen LogP contribution in [-0.4, -0.2) is 67.4 Å². The van der Waals surface area contributed by atoms with Crippen LogP contribution in [0.25, 0.3) is 0 Å². The highest BCUT2D eigenvalue weighted by molar-refractivity contribution is 7.89. The molecular formula is C25H31N5O7S. The van der Waals surface area contributed by atoms with Crippen LogP contribution in [0.2, 0.25) is 0 Å². The van der Waals surface area contributed by atoms with E-state index in [9.17, 15) is 22.8 Å². The van der Waals surface area contributed by atoms with Gasteiger partial charge in [0.25, 0.3) is 0 Å². The van der Waals surface area contributed by atoms with Crippen molar-refractivity contribution in [3.8, 4) is 0 Å². The highest BCUT2D eigenvalue weighted by atomic mass is 32.2. The number of aryl methyl sites for hydroxylation is 1. The summed E-state index contributed by atoms with van der Waals surface area (Å²) < 4.78 is 28.9. The number of hydroxylamine groups is 1. The van der Waals surface area contributed by atoms with E-state index in [1.54, 1.807) is 36.4 Å². The van der Waals surface area contributed by atoms with Crippen LogP contribution in [0.3, 0.4) is 0 Å². The molecule has 2 aromatic rings. The molecule has 2 atom stereocenters. The second kappa shape index (κ2) is 12.5. The van der Waals surface area contributed by atoms with E-state index >= 15 is 0 Å². The third-order valence-electron chi connectivity index (χ3n) is 5.94. The average Bonchev–Trinajstić information content (AvgIpc) is 2.86. The van der Waals surface area contributed by atoms with Crippen LogP contribution in [0.15, 0.2) is 53.4 Å². The molecule has 0 spiro atoms. The third-order valence-corrected chi connectivity index (χ3v) is 7.43. The van der Waals surface area contributed by atoms with Crippen LogP contribution in [0.4, 0.5) is 4.79 Å². The van der Waals surface area contributed by atoms with Crippen molar-refractivity contribution in [1.29, 1.82) is 5.41 Å². The number of amides is 2. The molecule has 12 nitrogen and oxygen atoms in total. The predicted octanol–water partition coefficient (Wildman–Crippen LogP) is 1.54. The first-order valence-electron chi connectivity index (χ1n) is 11.9. The molecule has 204 valence electrons. The second-order valence-electron chi connectivity index (χ2n) is 9.04. The summed E-state index contributed by atoms with van der Waals surface area (Å²) in [7, 11) is -4.08. The van der Waals surface area contributed by atoms with Gasteiger partial charge in [-0.2, -0.15) is 4.72 Å². The van der Waals surface area contributed by atoms with Crippen molar-refractivity contribution in [2.45, 2.75) is 50.1 Å². The van der Waals surface area contributed by atoms with Crippen molar-refractivity contribution in [3.63, 3.8) is 0 Å². The SMILES string of the molecule is CC(=O)ONC(=N)c1cccc(CC(NS(=O)(=O)c2ccc(C)cc2)C(=O)N2CCC[C@H](NC(=O)O)C2)c1. The number of nitrogens with zero attached hydrogens (tertiary/aromatic N) is 1. The summed E-state index contributed by atoms with van der Waals surface area (Å²) in [5.74, 6) is -1.31. The van der Waals surface area contributed by atoms with E-state index in [1.807, 2.05) is 6.92 Å². The Morgan fingerprint density at radius 1 is 1.18 bits per heavy atom. The number of rotatable bonds is 8. The van der Waals surface area contributed by atoms with E-state index in [4.69, 9.17) is 10.5 Å². The summed E-state index contributed by atoms with van der Waals surface area (Å²) in [4.78, 5) is 41.9. The molecule has 13 heteroatoms. The molecule has 38 heavy (non-hydrogen) atoms. The Bertz CT molecular complexity index is 1300. The first-order chi connectivity index (χ1) is 17.9. The minimum atomic E-state index is -4.08. The quantitative estimate of drug-likeness (QED) is 0.188. The van der Waals surface area contributed by atoms with Crippen LogP contribution < -0.4 is 15.5 Å². The standard InChI is InChI=1S/C25H31N5O7S/c1-16-8-10-21(11-9-16)38(35,36)29-22(24(32)30-12-4-7-20(15-30)27-25(33)34)14-18-5-3-6-19(13-18)23(26)28-37-17(2)31/h3,5-6,8-11,13,20,22,27,29H,4,7,12,14-15H2,1-2H3,(H2,26,28)(H,33,34)/t20-,22?/m0/s1. The number of hydrogen-bond donors (Lipinski definition) is 5. The summed E-state index contributed by atoms with van der Waals surface area (Å²) in [6, 6.07) is 11.1. The van der Waals surface area contributed by atoms with Gasteiger partial charge in [-0.3, -0.25) is 15.0 Å². The van der Waals surface area contributed by atoms with Crippen LogP contribution >= 0.6 is 0 Å². The van der Waals surface area contributed by atoms with Gasteiger partial charge < -0.3 is 20.2 Å². The van der Waals surface area contributed by atoms with Gasteiger partial charge in [0.2, 0.25) is 15.9 Å². The fourth-order valence-electron chi connectivity index (χ4n) is 4.11. The fraction of sp³-hybridized carbons (Fsp3) is 0.360. The first-order valence-corrected chi connectivity index (χ1v) is 13.4. The largest absolute Gasteiger partial charge is 0.465 e. The zero-order valence-corrected chi connectivity index (χ0v) is 21.9. The zero-order chi connectivity index (χ0) is 27.9. The van der Waals surface area contributed by atoms with Crippen LogP contribution in [0, 0.1) is 12.3 Å². The maximum absolute atomic E-state index is 13.6. The molecule has 1 aliphatic heterocycles. The van der Waals surface area contributed by atoms with Crippen molar-refractivity contribution in [3.05, 3.63) is 65.2 Å². The summed E-state index contributed by atoms with van der Waals surface area (Å²) in [5, 5.41) is 19.5. The predicted molar refractivity (Wildman–Crippen MR) is 138 cm³/mol. The monoisotopic (exact) mass is 545 g/mol. The first kappa shape index (κ1) is 28.6. The Labute approximate surface area is 220 Å². The summed E-state index contributed by atoms with van der Waals surface area (Å²) in [6.45, 7) is 3.49. The van der Waals surface area contributed by atoms with Gasteiger partial charge in [0.15, 0.2) is 5.84 Å². The van der Waals surface area contributed by atoms with Gasteiger partial charge in [0, 0.05) is 31.6 Å². The number of nitrogens with one attached hydrogen (secondary N) is 4. The number of carbonyl (C=O) groups is 3. The molecule has 3 rings (SSSR count). The van der Waals surface area contributed by atoms with Crippen molar-refractivity contribution in [2.24, 2.45) is 0 Å². The van der Waals surface area contributed by atoms with Gasteiger partial charge in [-0.1, -0.05) is 35.9 Å². The lowest BCUT2D eigenvalue weighted by atomic mass is 10.0. The molecule has 5 N–H and O–H groups in total. The Morgan fingerprint density at radius 3 is 2.55 bits per heavy atom. The molecule has 0 aliphatic carbocycles. The molecule has 1 aliphatic rings. The van der Waals surface area contributed by atoms with Gasteiger partial charge in [0.1, 0.15) is 6.04 Å². The van der Waals surface area contributed by atoms with E-state index in [2.05, 4.69) is 20.4 Å². The Hall–Kier alpha value is -3.97. The minimum absolute atomic E-state index is 0.00562. The number of carbonyl (C=O) groups excluding carboxylic acids is 2. The number of likely N-dealkylation sites (tertiary alicyclic amines) is 1. The van der Waals surface area contributed by atoms with Crippen LogP contribution in [-0.2, 0) is 30.9 Å². The number of piperidine rings is 1. The molecule has 1 unspecified atom stereocenters. The lowest BCUT2D eigenvalue weighted by Crippen LogP contribution is -2.55. The maximum Gasteiger partial charge on any atom is 0.404 e. The van der Waals surface area contributed by atoms with E-state index in [0.29, 0.717) is 30.5 Å². The highest BCUT2D eigenvalue weighted by Crippen LogP contribution is 2.17. The molecular weight excluding hydrogens is 514 g/mol. The van der Waals surface area contributed by atoms with Crippen molar-refractivity contribution in [1.82, 2.24) is 20.4 Å². The van der Waals surface area contributed by atoms with Crippen molar-refractivity contribution < 1.29 is 32.7 Å². The zero-order valence-electron chi connectivity index (χ0n) is 21.1. The molecule has 0 bridgehead atoms. The summed E-state index contributed by atoms with van der Waals surface area (Å²) in [5.41, 5.74) is 4.02. The molecule has 1 fully saturated rings. The van der Waals surface area contributed by atoms with Gasteiger partial charge in [-0.15, -0.1) is 0 Å². The van der Waals surface area contributed by atoms with Gasteiger partial charge in [-0.25, -0.2) is 18.7 Å². The van der Waals surface area contributed by atoms with E-state index in [1.165, 1.54) is 24.0 Å². The number of sulfonamides is 1. The highest BCUT2D eigenvalue weighted by Gasteiger charge is 2.33. The lowest BCUT2D eigenvalue weighted by molar-refractivity contribution is -0.145. The lowest BCUT2D eigenvalue weighted by Gasteiger charge is -2.35. The van der Waals surface area contributed by atoms with Crippen molar-refractivity contribution in [2.75, 3.05) is 13.1 Å². The molecule has 0 saturated carbocycles. The van der Waals surface area contributed by atoms with Crippen LogP contribution in [0.5, 0.6) is 0 Å². The van der Waals surface area contributed by atoms with E-state index in [-0.39, 0.29) is 23.7 Å². The van der Waals surface area contributed by atoms with E-state index < -0.39 is 40.1 Å². The molecule has 0 radical (unpaired) electrons. The number of carboxylic acid groups (broad SMARTS) is 1. The maximum atomic E-state index is 13.6. The summed E-state index contributed by atoms with van der Waals surface area (Å²) >= 11 is 0. The fourth-order valence-corrected chi connectivity index (χ4v) is 5.30. The number of benzene rings is 2.